The van der Waals surface area contributed by atoms with Crippen molar-refractivity contribution in [1.29, 1.82) is 0 Å². The molecule has 0 amide bonds. The standard InChI is InChI=1S/C19H15F6N3O3S/c1-12-15(16(29)28(26-12)13-8-4-2-5-9-13)17(18(20,21)22,19(23,24)25)27-32(30,31)14-10-6-3-7-11-14/h2-11,26-27H,1H3. The van der Waals surface area contributed by atoms with E-state index >= 15 is 0 Å². The molecule has 2 N–H and O–H groups in total. The number of para-hydroxylation sites is 1. The molecule has 0 saturated carbocycles. The van der Waals surface area contributed by atoms with E-state index in [1.54, 1.807) is 0 Å². The number of rotatable bonds is 5. The Morgan fingerprint density at radius 1 is 0.844 bits per heavy atom. The SMILES string of the molecule is Cc1[nH]n(-c2ccccc2)c(=O)c1C(NS(=O)(=O)c1ccccc1)(C(F)(F)F)C(F)(F)F. The zero-order valence-corrected chi connectivity index (χ0v) is 16.9. The van der Waals surface area contributed by atoms with Gasteiger partial charge in [-0.1, -0.05) is 36.4 Å². The van der Waals surface area contributed by atoms with Crippen molar-refractivity contribution in [3.63, 3.8) is 0 Å². The Morgan fingerprint density at radius 3 is 1.78 bits per heavy atom. The Balaban J connectivity index is 2.36. The van der Waals surface area contributed by atoms with Gasteiger partial charge in [-0.15, -0.1) is 0 Å². The third-order valence-electron chi connectivity index (χ3n) is 4.65. The number of H-pyrrole nitrogens is 1. The Labute approximate surface area is 177 Å². The molecule has 0 radical (unpaired) electrons. The van der Waals surface area contributed by atoms with E-state index in [2.05, 4.69) is 5.10 Å². The minimum absolute atomic E-state index is 0.0454. The Hall–Kier alpha value is -3.06. The Kier molecular flexibility index (Phi) is 5.76. The van der Waals surface area contributed by atoms with Crippen molar-refractivity contribution < 1.29 is 34.8 Å². The number of nitrogens with zero attached hydrogens (tertiary/aromatic N) is 1. The summed E-state index contributed by atoms with van der Waals surface area (Å²) < 4.78 is 111. The van der Waals surface area contributed by atoms with Gasteiger partial charge >= 0.3 is 12.4 Å². The topological polar surface area (TPSA) is 84.0 Å². The molecule has 32 heavy (non-hydrogen) atoms. The molecule has 0 saturated heterocycles. The van der Waals surface area contributed by atoms with Crippen LogP contribution in [0.1, 0.15) is 11.3 Å². The molecule has 0 fully saturated rings. The largest absolute Gasteiger partial charge is 0.421 e. The van der Waals surface area contributed by atoms with Gasteiger partial charge in [-0.25, -0.2) is 13.1 Å². The van der Waals surface area contributed by atoms with Gasteiger partial charge in [-0.2, -0.15) is 31.1 Å². The molecular formula is C19H15F6N3O3S. The average molecular weight is 479 g/mol. The summed E-state index contributed by atoms with van der Waals surface area (Å²) in [5.41, 5.74) is -9.62. The highest BCUT2D eigenvalue weighted by atomic mass is 32.2. The molecule has 3 rings (SSSR count). The molecule has 0 bridgehead atoms. The summed E-state index contributed by atoms with van der Waals surface area (Å²) in [4.78, 5) is 12.0. The van der Waals surface area contributed by atoms with Crippen LogP contribution in [-0.4, -0.2) is 30.6 Å². The summed E-state index contributed by atoms with van der Waals surface area (Å²) in [6, 6.07) is 12.1. The lowest BCUT2D eigenvalue weighted by molar-refractivity contribution is -0.308. The minimum atomic E-state index is -6.27. The van der Waals surface area contributed by atoms with E-state index in [0.717, 1.165) is 35.9 Å². The molecule has 0 unspecified atom stereocenters. The molecule has 2 aromatic carbocycles. The van der Waals surface area contributed by atoms with Gasteiger partial charge in [0.25, 0.3) is 11.1 Å². The third kappa shape index (κ3) is 3.81. The van der Waals surface area contributed by atoms with Crippen LogP contribution < -0.4 is 10.3 Å². The molecule has 0 aliphatic rings. The van der Waals surface area contributed by atoms with Crippen LogP contribution in [0, 0.1) is 6.92 Å². The van der Waals surface area contributed by atoms with E-state index in [-0.39, 0.29) is 5.69 Å². The van der Waals surface area contributed by atoms with Crippen LogP contribution in [0.25, 0.3) is 5.69 Å². The summed E-state index contributed by atoms with van der Waals surface area (Å²) in [5.74, 6) is 0. The fourth-order valence-electron chi connectivity index (χ4n) is 3.22. The number of hydrogen-bond donors (Lipinski definition) is 2. The molecule has 0 aliphatic carbocycles. The van der Waals surface area contributed by atoms with E-state index in [0.29, 0.717) is 4.68 Å². The van der Waals surface area contributed by atoms with Crippen LogP contribution in [0.15, 0.2) is 70.4 Å². The summed E-state index contributed by atoms with van der Waals surface area (Å²) in [7, 11) is -5.37. The Morgan fingerprint density at radius 2 is 1.31 bits per heavy atom. The molecule has 172 valence electrons. The number of aromatic nitrogens is 2. The first-order valence-corrected chi connectivity index (χ1v) is 10.3. The van der Waals surface area contributed by atoms with Gasteiger partial charge in [-0.05, 0) is 31.2 Å². The number of benzene rings is 2. The number of halogens is 6. The van der Waals surface area contributed by atoms with Gasteiger partial charge in [0.1, 0.15) is 0 Å². The van der Waals surface area contributed by atoms with Crippen molar-refractivity contribution in [2.24, 2.45) is 0 Å². The second-order valence-electron chi connectivity index (χ2n) is 6.75. The molecule has 3 aromatic rings. The molecule has 13 heteroatoms. The smallest absolute Gasteiger partial charge is 0.295 e. The zero-order chi connectivity index (χ0) is 23.9. The average Bonchev–Trinajstić information content (AvgIpc) is 3.00. The fraction of sp³-hybridized carbons (Fsp3) is 0.211. The van der Waals surface area contributed by atoms with Crippen LogP contribution in [0.5, 0.6) is 0 Å². The quantitative estimate of drug-likeness (QED) is 0.547. The number of alkyl halides is 6. The van der Waals surface area contributed by atoms with Gasteiger partial charge in [-0.3, -0.25) is 9.89 Å². The van der Waals surface area contributed by atoms with E-state index in [1.165, 1.54) is 36.4 Å². The maximum absolute atomic E-state index is 14.2. The molecule has 6 nitrogen and oxygen atoms in total. The monoisotopic (exact) mass is 479 g/mol. The lowest BCUT2D eigenvalue weighted by atomic mass is 9.89. The molecule has 1 aromatic heterocycles. The van der Waals surface area contributed by atoms with Crippen molar-refractivity contribution in [1.82, 2.24) is 14.5 Å². The highest BCUT2D eigenvalue weighted by Crippen LogP contribution is 2.50. The van der Waals surface area contributed by atoms with Gasteiger partial charge in [0.05, 0.1) is 16.1 Å². The molecular weight excluding hydrogens is 464 g/mol. The maximum Gasteiger partial charge on any atom is 0.421 e. The summed E-state index contributed by atoms with van der Waals surface area (Å²) in [5, 5.41) is 2.17. The van der Waals surface area contributed by atoms with Crippen LogP contribution in [-0.2, 0) is 15.6 Å². The van der Waals surface area contributed by atoms with Crippen molar-refractivity contribution in [3.05, 3.63) is 82.3 Å². The molecule has 0 spiro atoms. The predicted octanol–water partition coefficient (Wildman–Crippen LogP) is 3.77. The number of aromatic amines is 1. The molecule has 0 atom stereocenters. The van der Waals surface area contributed by atoms with Crippen LogP contribution in [0.4, 0.5) is 26.3 Å². The lowest BCUT2D eigenvalue weighted by Crippen LogP contribution is -2.66. The van der Waals surface area contributed by atoms with Crippen molar-refractivity contribution in [2.45, 2.75) is 29.7 Å². The van der Waals surface area contributed by atoms with Gasteiger partial charge in [0, 0.05) is 5.69 Å². The molecule has 0 aliphatic heterocycles. The van der Waals surface area contributed by atoms with Crippen molar-refractivity contribution in [3.8, 4) is 5.69 Å². The minimum Gasteiger partial charge on any atom is -0.295 e. The van der Waals surface area contributed by atoms with Crippen molar-refractivity contribution in [2.75, 3.05) is 0 Å². The first kappa shape index (κ1) is 23.6. The number of sulfonamides is 1. The van der Waals surface area contributed by atoms with Gasteiger partial charge in [0.15, 0.2) is 0 Å². The number of hydrogen-bond acceptors (Lipinski definition) is 3. The summed E-state index contributed by atoms with van der Waals surface area (Å²) in [6.07, 6.45) is -12.5. The van der Waals surface area contributed by atoms with E-state index in [4.69, 9.17) is 0 Å². The van der Waals surface area contributed by atoms with E-state index in [1.807, 2.05) is 0 Å². The van der Waals surface area contributed by atoms with Crippen molar-refractivity contribution >= 4 is 10.0 Å². The summed E-state index contributed by atoms with van der Waals surface area (Å²) in [6.45, 7) is 0.819. The highest BCUT2D eigenvalue weighted by molar-refractivity contribution is 7.89. The summed E-state index contributed by atoms with van der Waals surface area (Å²) >= 11 is 0. The first-order chi connectivity index (χ1) is 14.7. The second kappa shape index (κ2) is 7.81. The first-order valence-electron chi connectivity index (χ1n) is 8.82. The van der Waals surface area contributed by atoms with Crippen LogP contribution in [0.2, 0.25) is 0 Å². The van der Waals surface area contributed by atoms with Crippen LogP contribution in [0.3, 0.4) is 0 Å². The fourth-order valence-corrected chi connectivity index (χ4v) is 4.59. The number of nitrogens with one attached hydrogen (secondary N) is 2. The maximum atomic E-state index is 14.2. The molecule has 1 heterocycles. The second-order valence-corrected chi connectivity index (χ2v) is 8.43. The van der Waals surface area contributed by atoms with Gasteiger partial charge in [0.2, 0.25) is 10.0 Å². The predicted molar refractivity (Wildman–Crippen MR) is 102 cm³/mol. The van der Waals surface area contributed by atoms with Crippen LogP contribution >= 0.6 is 0 Å². The zero-order valence-electron chi connectivity index (χ0n) is 16.1. The van der Waals surface area contributed by atoms with Gasteiger partial charge < -0.3 is 0 Å². The van der Waals surface area contributed by atoms with E-state index < -0.39 is 49.6 Å². The third-order valence-corrected chi connectivity index (χ3v) is 6.12. The number of aryl methyl sites for hydroxylation is 1. The lowest BCUT2D eigenvalue weighted by Gasteiger charge is -2.36. The Bertz CT molecular complexity index is 1250. The normalized spacial score (nSPS) is 13.3. The highest BCUT2D eigenvalue weighted by Gasteiger charge is 2.75. The van der Waals surface area contributed by atoms with E-state index in [9.17, 15) is 39.6 Å².